The summed E-state index contributed by atoms with van der Waals surface area (Å²) < 4.78 is 19.1. The van der Waals surface area contributed by atoms with Crippen LogP contribution in [0.2, 0.25) is 0 Å². The molecule has 6 heteroatoms. The molecule has 1 N–H and O–H groups in total. The summed E-state index contributed by atoms with van der Waals surface area (Å²) in [5.41, 5.74) is 1.14. The molecule has 0 spiro atoms. The van der Waals surface area contributed by atoms with Crippen LogP contribution >= 0.6 is 0 Å². The Morgan fingerprint density at radius 1 is 1.28 bits per heavy atom. The van der Waals surface area contributed by atoms with Crippen LogP contribution in [0, 0.1) is 18.7 Å². The maximum absolute atomic E-state index is 13.4. The summed E-state index contributed by atoms with van der Waals surface area (Å²) >= 11 is 0. The molecule has 0 bridgehead atoms. The predicted molar refractivity (Wildman–Crippen MR) is 92.8 cm³/mol. The Labute approximate surface area is 147 Å². The molecule has 2 aliphatic rings. The van der Waals surface area contributed by atoms with Gasteiger partial charge >= 0.3 is 0 Å². The fourth-order valence-electron chi connectivity index (χ4n) is 3.77. The van der Waals surface area contributed by atoms with Crippen LogP contribution in [-0.2, 0) is 14.3 Å². The van der Waals surface area contributed by atoms with Crippen LogP contribution in [0.4, 0.5) is 10.1 Å². The van der Waals surface area contributed by atoms with Gasteiger partial charge in [-0.2, -0.15) is 0 Å². The standard InChI is InChI=1S/C19H25FN2O3/c1-11-6-16(4-5-17(11)20)22-10-14(9-18(22)23)19(24)21-15-7-12(2)25-13(3)8-15/h4-6,12-15H,7-10H2,1-3H3,(H,21,24). The van der Waals surface area contributed by atoms with Gasteiger partial charge in [0.1, 0.15) is 5.82 Å². The van der Waals surface area contributed by atoms with Crippen molar-refractivity contribution in [1.29, 1.82) is 0 Å². The van der Waals surface area contributed by atoms with E-state index < -0.39 is 0 Å². The highest BCUT2D eigenvalue weighted by molar-refractivity contribution is 6.00. The number of nitrogens with zero attached hydrogens (tertiary/aromatic N) is 1. The molecule has 0 aromatic heterocycles. The van der Waals surface area contributed by atoms with E-state index in [-0.39, 0.29) is 48.2 Å². The predicted octanol–water partition coefficient (Wildman–Crippen LogP) is 2.56. The van der Waals surface area contributed by atoms with Crippen molar-refractivity contribution in [2.75, 3.05) is 11.4 Å². The van der Waals surface area contributed by atoms with Crippen LogP contribution in [0.25, 0.3) is 0 Å². The summed E-state index contributed by atoms with van der Waals surface area (Å²) in [6.45, 7) is 6.01. The van der Waals surface area contributed by atoms with E-state index in [9.17, 15) is 14.0 Å². The summed E-state index contributed by atoms with van der Waals surface area (Å²) in [7, 11) is 0. The smallest absolute Gasteiger partial charge is 0.227 e. The van der Waals surface area contributed by atoms with Gasteiger partial charge in [-0.1, -0.05) is 0 Å². The minimum absolute atomic E-state index is 0.0824. The summed E-state index contributed by atoms with van der Waals surface area (Å²) in [5, 5.41) is 3.08. The molecule has 2 fully saturated rings. The number of aryl methyl sites for hydroxylation is 1. The lowest BCUT2D eigenvalue weighted by Gasteiger charge is -2.33. The van der Waals surface area contributed by atoms with Crippen LogP contribution in [-0.4, -0.2) is 36.6 Å². The van der Waals surface area contributed by atoms with Gasteiger partial charge in [0.2, 0.25) is 11.8 Å². The molecule has 0 radical (unpaired) electrons. The first-order chi connectivity index (χ1) is 11.8. The van der Waals surface area contributed by atoms with Gasteiger partial charge in [0.05, 0.1) is 18.1 Å². The van der Waals surface area contributed by atoms with Crippen molar-refractivity contribution in [2.45, 2.75) is 58.3 Å². The molecule has 2 saturated heterocycles. The van der Waals surface area contributed by atoms with Crippen molar-refractivity contribution in [3.8, 4) is 0 Å². The lowest BCUT2D eigenvalue weighted by molar-refractivity contribution is -0.128. The van der Waals surface area contributed by atoms with Crippen molar-refractivity contribution in [1.82, 2.24) is 5.32 Å². The molecule has 5 nitrogen and oxygen atoms in total. The van der Waals surface area contributed by atoms with Crippen molar-refractivity contribution in [3.05, 3.63) is 29.6 Å². The zero-order chi connectivity index (χ0) is 18.1. The van der Waals surface area contributed by atoms with Crippen molar-refractivity contribution in [3.63, 3.8) is 0 Å². The third-order valence-corrected chi connectivity index (χ3v) is 4.99. The van der Waals surface area contributed by atoms with E-state index in [0.717, 1.165) is 12.8 Å². The van der Waals surface area contributed by atoms with E-state index in [1.165, 1.54) is 6.07 Å². The third-order valence-electron chi connectivity index (χ3n) is 4.99. The van der Waals surface area contributed by atoms with Gasteiger partial charge in [-0.15, -0.1) is 0 Å². The number of anilines is 1. The highest BCUT2D eigenvalue weighted by Crippen LogP contribution is 2.27. The number of nitrogens with one attached hydrogen (secondary N) is 1. The van der Waals surface area contributed by atoms with E-state index in [0.29, 0.717) is 17.8 Å². The second kappa shape index (κ2) is 7.12. The number of carbonyl (C=O) groups is 2. The molecule has 2 aliphatic heterocycles. The fourth-order valence-corrected chi connectivity index (χ4v) is 3.77. The second-order valence-corrected chi connectivity index (χ2v) is 7.27. The van der Waals surface area contributed by atoms with Gasteiger partial charge in [0.15, 0.2) is 0 Å². The van der Waals surface area contributed by atoms with Gasteiger partial charge in [0.25, 0.3) is 0 Å². The van der Waals surface area contributed by atoms with Crippen LogP contribution in [0.15, 0.2) is 18.2 Å². The molecule has 1 aromatic carbocycles. The molecule has 3 atom stereocenters. The van der Waals surface area contributed by atoms with Gasteiger partial charge < -0.3 is 15.0 Å². The van der Waals surface area contributed by atoms with E-state index in [4.69, 9.17) is 4.74 Å². The van der Waals surface area contributed by atoms with E-state index in [2.05, 4.69) is 5.32 Å². The lowest BCUT2D eigenvalue weighted by Crippen LogP contribution is -2.46. The van der Waals surface area contributed by atoms with Gasteiger partial charge in [-0.25, -0.2) is 4.39 Å². The Morgan fingerprint density at radius 3 is 2.60 bits per heavy atom. The largest absolute Gasteiger partial charge is 0.375 e. The van der Waals surface area contributed by atoms with E-state index in [1.807, 2.05) is 13.8 Å². The zero-order valence-corrected chi connectivity index (χ0v) is 14.9. The molecular weight excluding hydrogens is 323 g/mol. The number of amides is 2. The second-order valence-electron chi connectivity index (χ2n) is 7.27. The summed E-state index contributed by atoms with van der Waals surface area (Å²) in [6.07, 6.45) is 2.02. The van der Waals surface area contributed by atoms with E-state index in [1.54, 1.807) is 24.0 Å². The monoisotopic (exact) mass is 348 g/mol. The molecule has 25 heavy (non-hydrogen) atoms. The number of ether oxygens (including phenoxy) is 1. The van der Waals surface area contributed by atoms with Crippen LogP contribution < -0.4 is 10.2 Å². The zero-order valence-electron chi connectivity index (χ0n) is 14.9. The van der Waals surface area contributed by atoms with Crippen molar-refractivity contribution < 1.29 is 18.7 Å². The molecule has 1 aromatic rings. The number of rotatable bonds is 3. The molecule has 0 aliphatic carbocycles. The molecule has 0 saturated carbocycles. The summed E-state index contributed by atoms with van der Waals surface area (Å²) in [5.74, 6) is -0.848. The Balaban J connectivity index is 1.63. The first-order valence-corrected chi connectivity index (χ1v) is 8.86. The maximum atomic E-state index is 13.4. The average Bonchev–Trinajstić information content (AvgIpc) is 2.91. The van der Waals surface area contributed by atoms with Crippen molar-refractivity contribution in [2.24, 2.45) is 5.92 Å². The minimum Gasteiger partial charge on any atom is -0.375 e. The highest BCUT2D eigenvalue weighted by atomic mass is 19.1. The quantitative estimate of drug-likeness (QED) is 0.913. The van der Waals surface area contributed by atoms with Crippen LogP contribution in [0.5, 0.6) is 0 Å². The SMILES string of the molecule is Cc1cc(N2CC(C(=O)NC3CC(C)OC(C)C3)CC2=O)ccc1F. The molecule has 3 rings (SSSR count). The van der Waals surface area contributed by atoms with Gasteiger partial charge in [0, 0.05) is 24.7 Å². The summed E-state index contributed by atoms with van der Waals surface area (Å²) in [4.78, 5) is 26.5. The van der Waals surface area contributed by atoms with Gasteiger partial charge in [-0.3, -0.25) is 9.59 Å². The van der Waals surface area contributed by atoms with Crippen LogP contribution in [0.1, 0.15) is 38.7 Å². The Hall–Kier alpha value is -1.95. The topological polar surface area (TPSA) is 58.6 Å². The molecule has 136 valence electrons. The first kappa shape index (κ1) is 17.9. The maximum Gasteiger partial charge on any atom is 0.227 e. The molecular formula is C19H25FN2O3. The lowest BCUT2D eigenvalue weighted by atomic mass is 9.98. The normalized spacial score (nSPS) is 29.8. The first-order valence-electron chi connectivity index (χ1n) is 8.86. The number of halogens is 1. The highest BCUT2D eigenvalue weighted by Gasteiger charge is 2.36. The number of benzene rings is 1. The summed E-state index contributed by atoms with van der Waals surface area (Å²) in [6, 6.07) is 4.68. The Kier molecular flexibility index (Phi) is 5.08. The minimum atomic E-state index is -0.369. The van der Waals surface area contributed by atoms with E-state index >= 15 is 0 Å². The van der Waals surface area contributed by atoms with Crippen molar-refractivity contribution >= 4 is 17.5 Å². The number of carbonyl (C=O) groups excluding carboxylic acids is 2. The third kappa shape index (κ3) is 4.00. The Bertz CT molecular complexity index is 669. The number of hydrogen-bond acceptors (Lipinski definition) is 3. The van der Waals surface area contributed by atoms with Gasteiger partial charge in [-0.05, 0) is 57.4 Å². The molecule has 2 amide bonds. The average molecular weight is 348 g/mol. The number of hydrogen-bond donors (Lipinski definition) is 1. The Morgan fingerprint density at radius 2 is 1.96 bits per heavy atom. The molecule has 2 heterocycles. The molecule has 3 unspecified atom stereocenters. The van der Waals surface area contributed by atoms with Crippen LogP contribution in [0.3, 0.4) is 0 Å². The fraction of sp³-hybridized carbons (Fsp3) is 0.579.